The summed E-state index contributed by atoms with van der Waals surface area (Å²) in [7, 11) is 0. The minimum absolute atomic E-state index is 0.103. The number of benzene rings is 1. The van der Waals surface area contributed by atoms with Crippen LogP contribution in [0.25, 0.3) is 11.3 Å². The summed E-state index contributed by atoms with van der Waals surface area (Å²) >= 11 is 0. The number of hydrogen-bond acceptors (Lipinski definition) is 5. The van der Waals surface area contributed by atoms with Crippen LogP contribution in [0.2, 0.25) is 0 Å². The van der Waals surface area contributed by atoms with Crippen LogP contribution in [0.15, 0.2) is 34.9 Å². The summed E-state index contributed by atoms with van der Waals surface area (Å²) in [5.74, 6) is 0.657. The molecule has 156 valence electrons. The first kappa shape index (κ1) is 20.0. The summed E-state index contributed by atoms with van der Waals surface area (Å²) < 4.78 is 24.2. The van der Waals surface area contributed by atoms with E-state index in [4.69, 9.17) is 9.26 Å². The van der Waals surface area contributed by atoms with Crippen LogP contribution >= 0.6 is 0 Å². The number of hydrogen-bond donors (Lipinski definition) is 0. The molecule has 6 nitrogen and oxygen atoms in total. The van der Waals surface area contributed by atoms with Gasteiger partial charge in [-0.3, -0.25) is 9.69 Å². The molecular weight excluding hydrogens is 373 g/mol. The van der Waals surface area contributed by atoms with Crippen molar-refractivity contribution in [2.24, 2.45) is 5.92 Å². The van der Waals surface area contributed by atoms with E-state index in [1.165, 1.54) is 12.1 Å². The fourth-order valence-corrected chi connectivity index (χ4v) is 4.41. The average molecular weight is 401 g/mol. The maximum absolute atomic E-state index is 13.1. The number of morpholine rings is 1. The number of carbonyl (C=O) groups excluding carboxylic acids is 1. The summed E-state index contributed by atoms with van der Waals surface area (Å²) in [5, 5.41) is 3.94. The molecular formula is C22H28FN3O3. The lowest BCUT2D eigenvalue weighted by molar-refractivity contribution is -0.0728. The van der Waals surface area contributed by atoms with Crippen molar-refractivity contribution in [3.63, 3.8) is 0 Å². The van der Waals surface area contributed by atoms with Crippen LogP contribution in [0.3, 0.4) is 0 Å². The Morgan fingerprint density at radius 1 is 1.14 bits per heavy atom. The molecule has 0 radical (unpaired) electrons. The van der Waals surface area contributed by atoms with Crippen molar-refractivity contribution >= 4 is 5.91 Å². The third-order valence-electron chi connectivity index (χ3n) is 5.77. The topological polar surface area (TPSA) is 58.8 Å². The van der Waals surface area contributed by atoms with Crippen LogP contribution in [0.1, 0.15) is 37.2 Å². The van der Waals surface area contributed by atoms with Gasteiger partial charge in [0.05, 0.1) is 12.2 Å². The third-order valence-corrected chi connectivity index (χ3v) is 5.77. The lowest BCUT2D eigenvalue weighted by atomic mass is 9.95. The maximum atomic E-state index is 13.1. The molecule has 29 heavy (non-hydrogen) atoms. The van der Waals surface area contributed by atoms with E-state index < -0.39 is 0 Å². The van der Waals surface area contributed by atoms with Gasteiger partial charge in [0.1, 0.15) is 5.82 Å². The van der Waals surface area contributed by atoms with Gasteiger partial charge >= 0.3 is 0 Å². The number of likely N-dealkylation sites (tertiary alicyclic amines) is 1. The molecule has 2 aromatic rings. The van der Waals surface area contributed by atoms with Gasteiger partial charge in [-0.2, -0.15) is 0 Å². The van der Waals surface area contributed by atoms with Gasteiger partial charge in [-0.15, -0.1) is 0 Å². The van der Waals surface area contributed by atoms with Gasteiger partial charge in [0.2, 0.25) is 0 Å². The summed E-state index contributed by atoms with van der Waals surface area (Å²) in [6, 6.07) is 7.59. The standard InChI is InChI=1S/C22H28FN3O3/c1-15-12-25(13-16(2)28-15)14-17-7-9-26(10-8-17)22(27)20-11-21(29-24-20)18-3-5-19(23)6-4-18/h3-6,11,15-17H,7-10,12-14H2,1-2H3. The van der Waals surface area contributed by atoms with E-state index in [9.17, 15) is 9.18 Å². The highest BCUT2D eigenvalue weighted by molar-refractivity contribution is 5.93. The van der Waals surface area contributed by atoms with Crippen molar-refractivity contribution in [1.29, 1.82) is 0 Å². The SMILES string of the molecule is CC1CN(CC2CCN(C(=O)c3cc(-c4ccc(F)cc4)on3)CC2)CC(C)O1. The van der Waals surface area contributed by atoms with Crippen molar-refractivity contribution < 1.29 is 18.4 Å². The Labute approximate surface area is 170 Å². The first-order valence-electron chi connectivity index (χ1n) is 10.4. The quantitative estimate of drug-likeness (QED) is 0.786. The lowest BCUT2D eigenvalue weighted by Gasteiger charge is -2.39. The van der Waals surface area contributed by atoms with E-state index in [1.54, 1.807) is 18.2 Å². The van der Waals surface area contributed by atoms with E-state index in [2.05, 4.69) is 23.9 Å². The van der Waals surface area contributed by atoms with Gasteiger partial charge in [0.15, 0.2) is 11.5 Å². The molecule has 0 spiro atoms. The summed E-state index contributed by atoms with van der Waals surface area (Å²) in [4.78, 5) is 17.1. The normalized spacial score (nSPS) is 24.0. The summed E-state index contributed by atoms with van der Waals surface area (Å²) in [5.41, 5.74) is 1.00. The second-order valence-corrected chi connectivity index (χ2v) is 8.29. The number of halogens is 1. The fourth-order valence-electron chi connectivity index (χ4n) is 4.41. The molecule has 1 aromatic carbocycles. The fraction of sp³-hybridized carbons (Fsp3) is 0.545. The first-order valence-corrected chi connectivity index (χ1v) is 10.4. The highest BCUT2D eigenvalue weighted by atomic mass is 19.1. The Kier molecular flexibility index (Phi) is 5.96. The number of ether oxygens (including phenoxy) is 1. The minimum atomic E-state index is -0.312. The molecule has 4 rings (SSSR count). The number of amides is 1. The zero-order chi connectivity index (χ0) is 20.4. The maximum Gasteiger partial charge on any atom is 0.276 e. The van der Waals surface area contributed by atoms with E-state index in [1.807, 2.05) is 4.90 Å². The minimum Gasteiger partial charge on any atom is -0.373 e. The van der Waals surface area contributed by atoms with Crippen LogP contribution in [0.5, 0.6) is 0 Å². The van der Waals surface area contributed by atoms with Crippen molar-refractivity contribution in [3.8, 4) is 11.3 Å². The van der Waals surface area contributed by atoms with E-state index in [0.717, 1.165) is 45.6 Å². The number of carbonyl (C=O) groups is 1. The molecule has 1 amide bonds. The van der Waals surface area contributed by atoms with Crippen molar-refractivity contribution in [2.75, 3.05) is 32.7 Å². The molecule has 1 aromatic heterocycles. The average Bonchev–Trinajstić information content (AvgIpc) is 3.18. The molecule has 3 heterocycles. The van der Waals surface area contributed by atoms with E-state index >= 15 is 0 Å². The van der Waals surface area contributed by atoms with Crippen LogP contribution in [0.4, 0.5) is 4.39 Å². The van der Waals surface area contributed by atoms with Crippen molar-refractivity contribution in [2.45, 2.75) is 38.9 Å². The van der Waals surface area contributed by atoms with Gasteiger partial charge in [0, 0.05) is 44.4 Å². The molecule has 0 aliphatic carbocycles. The Balaban J connectivity index is 1.31. The molecule has 2 aliphatic rings. The first-order chi connectivity index (χ1) is 14.0. The van der Waals surface area contributed by atoms with Crippen LogP contribution < -0.4 is 0 Å². The molecule has 2 aliphatic heterocycles. The highest BCUT2D eigenvalue weighted by Gasteiger charge is 2.29. The Morgan fingerprint density at radius 3 is 2.45 bits per heavy atom. The van der Waals surface area contributed by atoms with Crippen LogP contribution in [-0.2, 0) is 4.74 Å². The monoisotopic (exact) mass is 401 g/mol. The Hall–Kier alpha value is -2.25. The van der Waals surface area contributed by atoms with Gasteiger partial charge < -0.3 is 14.2 Å². The highest BCUT2D eigenvalue weighted by Crippen LogP contribution is 2.24. The van der Waals surface area contributed by atoms with Crippen LogP contribution in [-0.4, -0.2) is 65.8 Å². The molecule has 0 N–H and O–H groups in total. The second kappa shape index (κ2) is 8.63. The largest absolute Gasteiger partial charge is 0.373 e. The van der Waals surface area contributed by atoms with Gasteiger partial charge in [-0.05, 0) is 56.9 Å². The van der Waals surface area contributed by atoms with Gasteiger partial charge in [-0.1, -0.05) is 5.16 Å². The summed E-state index contributed by atoms with van der Waals surface area (Å²) in [6.07, 6.45) is 2.55. The lowest BCUT2D eigenvalue weighted by Crippen LogP contribution is -2.48. The molecule has 2 atom stereocenters. The molecule has 7 heteroatoms. The molecule has 2 saturated heterocycles. The number of aromatic nitrogens is 1. The number of nitrogens with zero attached hydrogens (tertiary/aromatic N) is 3. The molecule has 0 saturated carbocycles. The van der Waals surface area contributed by atoms with Gasteiger partial charge in [0.25, 0.3) is 5.91 Å². The zero-order valence-corrected chi connectivity index (χ0v) is 17.0. The zero-order valence-electron chi connectivity index (χ0n) is 17.0. The number of rotatable bonds is 4. The predicted octanol–water partition coefficient (Wildman–Crippen LogP) is 3.44. The summed E-state index contributed by atoms with van der Waals surface area (Å²) in [6.45, 7) is 8.75. The van der Waals surface area contributed by atoms with Crippen molar-refractivity contribution in [3.05, 3.63) is 41.8 Å². The van der Waals surface area contributed by atoms with Crippen LogP contribution in [0, 0.1) is 11.7 Å². The van der Waals surface area contributed by atoms with E-state index in [0.29, 0.717) is 22.9 Å². The van der Waals surface area contributed by atoms with Crippen molar-refractivity contribution in [1.82, 2.24) is 15.0 Å². The van der Waals surface area contributed by atoms with Gasteiger partial charge in [-0.25, -0.2) is 4.39 Å². The Bertz CT molecular complexity index is 820. The number of piperidine rings is 1. The molecule has 0 bridgehead atoms. The third kappa shape index (κ3) is 4.85. The molecule has 2 fully saturated rings. The Morgan fingerprint density at radius 2 is 1.79 bits per heavy atom. The molecule has 2 unspecified atom stereocenters. The van der Waals surface area contributed by atoms with E-state index in [-0.39, 0.29) is 23.9 Å². The predicted molar refractivity (Wildman–Crippen MR) is 107 cm³/mol. The smallest absolute Gasteiger partial charge is 0.276 e. The second-order valence-electron chi connectivity index (χ2n) is 8.29.